The number of hydrogen-bond acceptors (Lipinski definition) is 2. The maximum atomic E-state index is 11.6. The third-order valence-corrected chi connectivity index (χ3v) is 2.83. The van der Waals surface area contributed by atoms with Crippen LogP contribution in [0.25, 0.3) is 0 Å². The summed E-state index contributed by atoms with van der Waals surface area (Å²) in [4.78, 5) is 13.6. The van der Waals surface area contributed by atoms with E-state index in [-0.39, 0.29) is 6.04 Å². The van der Waals surface area contributed by atoms with E-state index in [4.69, 9.17) is 5.73 Å². The molecule has 0 aliphatic carbocycles. The Morgan fingerprint density at radius 2 is 2.21 bits per heavy atom. The largest absolute Gasteiger partial charge is 0.343 e. The molecule has 0 bridgehead atoms. The molecule has 1 fully saturated rings. The molecule has 3 heteroatoms. The second kappa shape index (κ2) is 5.35. The molecule has 2 N–H and O–H groups in total. The Morgan fingerprint density at radius 1 is 1.50 bits per heavy atom. The molecule has 1 atom stereocenters. The number of carbonyl (C=O) groups excluding carboxylic acids is 1. The molecule has 0 aromatic carbocycles. The highest BCUT2D eigenvalue weighted by atomic mass is 16.2. The average molecular weight is 198 g/mol. The first-order valence-corrected chi connectivity index (χ1v) is 5.63. The predicted molar refractivity (Wildman–Crippen MR) is 57.9 cm³/mol. The Labute approximate surface area is 86.6 Å². The molecule has 1 saturated heterocycles. The third-order valence-electron chi connectivity index (χ3n) is 2.83. The molecule has 82 valence electrons. The van der Waals surface area contributed by atoms with Crippen LogP contribution in [0.1, 0.15) is 39.5 Å². The number of amides is 1. The standard InChI is InChI=1S/C11H22N2O/c1-9(2)5-7-13-8-6-10(12)3-4-11(13)14/h9-10H,3-8,12H2,1-2H3. The van der Waals surface area contributed by atoms with Crippen molar-refractivity contribution in [2.45, 2.75) is 45.6 Å². The number of hydrogen-bond donors (Lipinski definition) is 1. The molecule has 1 unspecified atom stereocenters. The lowest BCUT2D eigenvalue weighted by molar-refractivity contribution is -0.130. The second-order valence-electron chi connectivity index (χ2n) is 4.65. The number of nitrogens with zero attached hydrogens (tertiary/aromatic N) is 1. The summed E-state index contributed by atoms with van der Waals surface area (Å²) in [6.07, 6.45) is 3.56. The highest BCUT2D eigenvalue weighted by Crippen LogP contribution is 2.12. The van der Waals surface area contributed by atoms with Gasteiger partial charge in [-0.15, -0.1) is 0 Å². The molecule has 1 heterocycles. The fourth-order valence-electron chi connectivity index (χ4n) is 1.71. The van der Waals surface area contributed by atoms with Crippen molar-refractivity contribution in [1.29, 1.82) is 0 Å². The zero-order chi connectivity index (χ0) is 10.6. The van der Waals surface area contributed by atoms with Crippen molar-refractivity contribution in [3.63, 3.8) is 0 Å². The van der Waals surface area contributed by atoms with Crippen molar-refractivity contribution in [1.82, 2.24) is 4.90 Å². The molecule has 0 spiro atoms. The molecule has 0 radical (unpaired) electrons. The van der Waals surface area contributed by atoms with Crippen LogP contribution >= 0.6 is 0 Å². The molecule has 0 aromatic rings. The molecular formula is C11H22N2O. The van der Waals surface area contributed by atoms with Gasteiger partial charge in [0.1, 0.15) is 0 Å². The summed E-state index contributed by atoms with van der Waals surface area (Å²) in [5.41, 5.74) is 5.84. The molecule has 1 rings (SSSR count). The summed E-state index contributed by atoms with van der Waals surface area (Å²) in [6.45, 7) is 6.14. The minimum absolute atomic E-state index is 0.225. The maximum Gasteiger partial charge on any atom is 0.222 e. The van der Waals surface area contributed by atoms with Crippen LogP contribution in [-0.2, 0) is 4.79 Å². The predicted octanol–water partition coefficient (Wildman–Crippen LogP) is 1.37. The minimum atomic E-state index is 0.225. The van der Waals surface area contributed by atoms with Gasteiger partial charge in [0.15, 0.2) is 0 Å². The number of rotatable bonds is 3. The lowest BCUT2D eigenvalue weighted by atomic mass is 10.1. The minimum Gasteiger partial charge on any atom is -0.343 e. The van der Waals surface area contributed by atoms with Gasteiger partial charge in [-0.2, -0.15) is 0 Å². The van der Waals surface area contributed by atoms with E-state index in [1.165, 1.54) is 0 Å². The zero-order valence-electron chi connectivity index (χ0n) is 9.33. The molecule has 0 aromatic heterocycles. The van der Waals surface area contributed by atoms with Gasteiger partial charge in [0.05, 0.1) is 0 Å². The van der Waals surface area contributed by atoms with E-state index >= 15 is 0 Å². The molecule has 1 aliphatic rings. The van der Waals surface area contributed by atoms with Gasteiger partial charge in [-0.1, -0.05) is 13.8 Å². The Morgan fingerprint density at radius 3 is 2.86 bits per heavy atom. The Bertz CT molecular complexity index is 192. The van der Waals surface area contributed by atoms with Crippen LogP contribution in [0.4, 0.5) is 0 Å². The van der Waals surface area contributed by atoms with Gasteiger partial charge in [0.25, 0.3) is 0 Å². The van der Waals surface area contributed by atoms with Crippen molar-refractivity contribution in [3.05, 3.63) is 0 Å². The molecular weight excluding hydrogens is 176 g/mol. The van der Waals surface area contributed by atoms with Crippen molar-refractivity contribution < 1.29 is 4.79 Å². The quantitative estimate of drug-likeness (QED) is 0.744. The summed E-state index contributed by atoms with van der Waals surface area (Å²) < 4.78 is 0. The van der Waals surface area contributed by atoms with Crippen LogP contribution in [0.2, 0.25) is 0 Å². The highest BCUT2D eigenvalue weighted by Gasteiger charge is 2.19. The summed E-state index contributed by atoms with van der Waals surface area (Å²) in [5, 5.41) is 0. The lowest BCUT2D eigenvalue weighted by Crippen LogP contribution is -2.32. The van der Waals surface area contributed by atoms with E-state index in [9.17, 15) is 4.79 Å². The monoisotopic (exact) mass is 198 g/mol. The van der Waals surface area contributed by atoms with Crippen LogP contribution in [0.5, 0.6) is 0 Å². The molecule has 1 amide bonds. The van der Waals surface area contributed by atoms with Gasteiger partial charge in [0, 0.05) is 25.6 Å². The molecule has 14 heavy (non-hydrogen) atoms. The van der Waals surface area contributed by atoms with Gasteiger partial charge in [-0.25, -0.2) is 0 Å². The van der Waals surface area contributed by atoms with E-state index in [0.717, 1.165) is 32.4 Å². The zero-order valence-corrected chi connectivity index (χ0v) is 9.33. The van der Waals surface area contributed by atoms with Crippen molar-refractivity contribution in [2.75, 3.05) is 13.1 Å². The molecule has 3 nitrogen and oxygen atoms in total. The summed E-state index contributed by atoms with van der Waals surface area (Å²) in [7, 11) is 0. The summed E-state index contributed by atoms with van der Waals surface area (Å²) >= 11 is 0. The number of carbonyl (C=O) groups is 1. The SMILES string of the molecule is CC(C)CCN1CCC(N)CCC1=O. The topological polar surface area (TPSA) is 46.3 Å². The maximum absolute atomic E-state index is 11.6. The van der Waals surface area contributed by atoms with Crippen LogP contribution in [0, 0.1) is 5.92 Å². The van der Waals surface area contributed by atoms with Gasteiger partial charge in [0.2, 0.25) is 5.91 Å². The fourth-order valence-corrected chi connectivity index (χ4v) is 1.71. The van der Waals surface area contributed by atoms with E-state index in [0.29, 0.717) is 18.2 Å². The smallest absolute Gasteiger partial charge is 0.222 e. The van der Waals surface area contributed by atoms with Crippen LogP contribution in [0.15, 0.2) is 0 Å². The molecule has 1 aliphatic heterocycles. The second-order valence-corrected chi connectivity index (χ2v) is 4.65. The first-order chi connectivity index (χ1) is 6.59. The van der Waals surface area contributed by atoms with Crippen molar-refractivity contribution in [2.24, 2.45) is 11.7 Å². The number of nitrogens with two attached hydrogens (primary N) is 1. The first-order valence-electron chi connectivity index (χ1n) is 5.63. The van der Waals surface area contributed by atoms with Crippen LogP contribution in [0.3, 0.4) is 0 Å². The Hall–Kier alpha value is -0.570. The van der Waals surface area contributed by atoms with E-state index in [2.05, 4.69) is 13.8 Å². The first kappa shape index (κ1) is 11.5. The van der Waals surface area contributed by atoms with E-state index < -0.39 is 0 Å². The summed E-state index contributed by atoms with van der Waals surface area (Å²) in [6, 6.07) is 0.225. The van der Waals surface area contributed by atoms with E-state index in [1.54, 1.807) is 0 Å². The van der Waals surface area contributed by atoms with Crippen molar-refractivity contribution >= 4 is 5.91 Å². The number of likely N-dealkylation sites (tertiary alicyclic amines) is 1. The van der Waals surface area contributed by atoms with Gasteiger partial charge >= 0.3 is 0 Å². The van der Waals surface area contributed by atoms with E-state index in [1.807, 2.05) is 4.90 Å². The van der Waals surface area contributed by atoms with Crippen molar-refractivity contribution in [3.8, 4) is 0 Å². The van der Waals surface area contributed by atoms with Crippen LogP contribution in [-0.4, -0.2) is 29.9 Å². The normalized spacial score (nSPS) is 24.1. The third kappa shape index (κ3) is 3.66. The highest BCUT2D eigenvalue weighted by molar-refractivity contribution is 5.76. The fraction of sp³-hybridized carbons (Fsp3) is 0.909. The summed E-state index contributed by atoms with van der Waals surface area (Å²) in [5.74, 6) is 0.957. The molecule has 0 saturated carbocycles. The Balaban J connectivity index is 2.38. The van der Waals surface area contributed by atoms with Crippen LogP contribution < -0.4 is 5.73 Å². The lowest BCUT2D eigenvalue weighted by Gasteiger charge is -2.21. The van der Waals surface area contributed by atoms with Gasteiger partial charge in [-0.05, 0) is 25.2 Å². The van der Waals surface area contributed by atoms with Gasteiger partial charge < -0.3 is 10.6 Å². The average Bonchev–Trinajstić information content (AvgIpc) is 2.27. The van der Waals surface area contributed by atoms with Gasteiger partial charge in [-0.3, -0.25) is 4.79 Å². The Kier molecular flexibility index (Phi) is 4.39.